The number of benzene rings is 1. The van der Waals surface area contributed by atoms with Crippen LogP contribution >= 0.6 is 0 Å². The van der Waals surface area contributed by atoms with Crippen LogP contribution in [-0.4, -0.2) is 19.6 Å². The molecule has 0 aliphatic rings. The van der Waals surface area contributed by atoms with E-state index in [4.69, 9.17) is 0 Å². The van der Waals surface area contributed by atoms with E-state index in [1.807, 2.05) is 0 Å². The first kappa shape index (κ1) is 15.4. The van der Waals surface area contributed by atoms with Crippen molar-refractivity contribution in [3.8, 4) is 0 Å². The first-order valence-electron chi connectivity index (χ1n) is 5.54. The summed E-state index contributed by atoms with van der Waals surface area (Å²) in [5.74, 6) is -0.627. The number of hydrogen-bond acceptors (Lipinski definition) is 3. The number of nitro groups is 1. The molecule has 1 aromatic carbocycles. The van der Waals surface area contributed by atoms with Gasteiger partial charge in [-0.25, -0.2) is 8.60 Å². The maximum Gasteiger partial charge on any atom is 0.270 e. The topological polar surface area (TPSA) is 72.6 Å². The molecule has 0 saturated heterocycles. The fourth-order valence-corrected chi connectivity index (χ4v) is 1.84. The van der Waals surface area contributed by atoms with Crippen LogP contribution in [0.4, 0.5) is 10.1 Å². The van der Waals surface area contributed by atoms with Crippen LogP contribution < -0.4 is 0 Å². The van der Waals surface area contributed by atoms with Crippen molar-refractivity contribution in [3.05, 3.63) is 39.7 Å². The molecular weight excluding hydrogens is 271 g/mol. The second kappa shape index (κ2) is 5.56. The Balaban J connectivity index is 3.22. The smallest absolute Gasteiger partial charge is 0.258 e. The molecule has 19 heavy (non-hydrogen) atoms. The highest BCUT2D eigenvalue weighted by Gasteiger charge is 2.20. The van der Waals surface area contributed by atoms with Crippen molar-refractivity contribution in [2.24, 2.45) is 4.40 Å². The highest BCUT2D eigenvalue weighted by Crippen LogP contribution is 2.19. The van der Waals surface area contributed by atoms with E-state index in [-0.39, 0.29) is 17.0 Å². The zero-order chi connectivity index (χ0) is 14.8. The van der Waals surface area contributed by atoms with Crippen LogP contribution in [0.1, 0.15) is 33.3 Å². The van der Waals surface area contributed by atoms with Crippen LogP contribution in [0.2, 0.25) is 0 Å². The number of halogens is 1. The van der Waals surface area contributed by atoms with E-state index in [0.29, 0.717) is 0 Å². The molecule has 1 rings (SSSR count). The van der Waals surface area contributed by atoms with E-state index in [2.05, 4.69) is 4.40 Å². The molecule has 0 aliphatic carbocycles. The Morgan fingerprint density at radius 3 is 2.47 bits per heavy atom. The molecule has 0 bridgehead atoms. The minimum atomic E-state index is -1.54. The predicted octanol–water partition coefficient (Wildman–Crippen LogP) is 3.01. The molecule has 0 radical (unpaired) electrons. The average Bonchev–Trinajstić information content (AvgIpc) is 2.27. The maximum absolute atomic E-state index is 13.6. The number of non-ortho nitro benzene ring substituents is 1. The first-order valence-corrected chi connectivity index (χ1v) is 6.65. The van der Waals surface area contributed by atoms with Crippen LogP contribution in [0.5, 0.6) is 0 Å². The number of nitrogens with zero attached hydrogens (tertiary/aromatic N) is 2. The molecule has 1 aromatic rings. The van der Waals surface area contributed by atoms with E-state index in [1.165, 1.54) is 6.92 Å². The number of hydrogen-bond donors (Lipinski definition) is 0. The van der Waals surface area contributed by atoms with Gasteiger partial charge in [-0.2, -0.15) is 4.40 Å². The summed E-state index contributed by atoms with van der Waals surface area (Å²) < 4.78 is 28.8. The van der Waals surface area contributed by atoms with Crippen molar-refractivity contribution < 1.29 is 13.5 Å². The summed E-state index contributed by atoms with van der Waals surface area (Å²) in [5.41, 5.74) is -0.0613. The lowest BCUT2D eigenvalue weighted by Crippen LogP contribution is -2.20. The highest BCUT2D eigenvalue weighted by atomic mass is 32.2. The molecule has 0 aromatic heterocycles. The third kappa shape index (κ3) is 3.92. The molecule has 1 atom stereocenters. The van der Waals surface area contributed by atoms with Crippen LogP contribution in [0, 0.1) is 15.9 Å². The Hall–Kier alpha value is -1.63. The summed E-state index contributed by atoms with van der Waals surface area (Å²) in [6, 6.07) is 3.17. The summed E-state index contributed by atoms with van der Waals surface area (Å²) in [4.78, 5) is 10.0. The van der Waals surface area contributed by atoms with Gasteiger partial charge in [-0.15, -0.1) is 0 Å². The monoisotopic (exact) mass is 286 g/mol. The summed E-state index contributed by atoms with van der Waals surface area (Å²) in [5, 5.41) is 10.7. The molecular formula is C12H15FN2O3S. The van der Waals surface area contributed by atoms with Crippen molar-refractivity contribution in [1.29, 1.82) is 0 Å². The van der Waals surface area contributed by atoms with Crippen molar-refractivity contribution in [1.82, 2.24) is 0 Å². The van der Waals surface area contributed by atoms with Crippen molar-refractivity contribution in [2.45, 2.75) is 32.4 Å². The molecule has 0 fully saturated rings. The SMILES string of the molecule is CC(=N[S@@](=O)C(C)(C)C)c1cc([N+](=O)[O-])ccc1F. The molecule has 5 nitrogen and oxygen atoms in total. The van der Waals surface area contributed by atoms with Crippen LogP contribution in [0.25, 0.3) is 0 Å². The second-order valence-corrected chi connectivity index (χ2v) is 6.87. The Morgan fingerprint density at radius 2 is 2.00 bits per heavy atom. The Kier molecular flexibility index (Phi) is 4.52. The van der Waals surface area contributed by atoms with Gasteiger partial charge in [0, 0.05) is 17.7 Å². The molecule has 104 valence electrons. The predicted molar refractivity (Wildman–Crippen MR) is 73.2 cm³/mol. The van der Waals surface area contributed by atoms with Crippen LogP contribution in [0.3, 0.4) is 0 Å². The number of nitro benzene ring substituents is 1. The Bertz CT molecular complexity index is 565. The van der Waals surface area contributed by atoms with Gasteiger partial charge in [0.2, 0.25) is 0 Å². The van der Waals surface area contributed by atoms with Crippen molar-refractivity contribution in [2.75, 3.05) is 0 Å². The third-order valence-corrected chi connectivity index (χ3v) is 3.78. The van der Waals surface area contributed by atoms with E-state index < -0.39 is 26.5 Å². The molecule has 0 saturated carbocycles. The Morgan fingerprint density at radius 1 is 1.42 bits per heavy atom. The summed E-state index contributed by atoms with van der Waals surface area (Å²) in [7, 11) is -1.54. The van der Waals surface area contributed by atoms with Gasteiger partial charge in [0.25, 0.3) is 5.69 Å². The quantitative estimate of drug-likeness (QED) is 0.487. The fraction of sp³-hybridized carbons (Fsp3) is 0.417. The standard InChI is InChI=1S/C12H15FN2O3S/c1-8(14-19(18)12(2,3)4)10-7-9(15(16)17)5-6-11(10)13/h5-7H,1-4H3/t19-/m0/s1. The van der Waals surface area contributed by atoms with Gasteiger partial charge in [-0.3, -0.25) is 10.1 Å². The summed E-state index contributed by atoms with van der Waals surface area (Å²) in [6.07, 6.45) is 0. The maximum atomic E-state index is 13.6. The van der Waals surface area contributed by atoms with Crippen LogP contribution in [0.15, 0.2) is 22.6 Å². The molecule has 0 N–H and O–H groups in total. The molecule has 0 heterocycles. The number of rotatable bonds is 3. The van der Waals surface area contributed by atoms with E-state index in [1.54, 1.807) is 20.8 Å². The minimum Gasteiger partial charge on any atom is -0.258 e. The zero-order valence-corrected chi connectivity index (χ0v) is 12.0. The lowest BCUT2D eigenvalue weighted by atomic mass is 10.1. The van der Waals surface area contributed by atoms with Gasteiger partial charge in [0.05, 0.1) is 15.4 Å². The van der Waals surface area contributed by atoms with Gasteiger partial charge in [-0.05, 0) is 33.8 Å². The van der Waals surface area contributed by atoms with Gasteiger partial charge < -0.3 is 0 Å². The molecule has 7 heteroatoms. The van der Waals surface area contributed by atoms with Gasteiger partial charge >= 0.3 is 0 Å². The summed E-state index contributed by atoms with van der Waals surface area (Å²) in [6.45, 7) is 6.70. The van der Waals surface area contributed by atoms with E-state index in [9.17, 15) is 18.7 Å². The lowest BCUT2D eigenvalue weighted by molar-refractivity contribution is -0.384. The van der Waals surface area contributed by atoms with Gasteiger partial charge in [0.15, 0.2) is 0 Å². The highest BCUT2D eigenvalue weighted by molar-refractivity contribution is 7.85. The third-order valence-electron chi connectivity index (χ3n) is 2.29. The zero-order valence-electron chi connectivity index (χ0n) is 11.1. The first-order chi connectivity index (χ1) is 8.62. The largest absolute Gasteiger partial charge is 0.270 e. The van der Waals surface area contributed by atoms with Crippen molar-refractivity contribution >= 4 is 22.4 Å². The molecule has 0 spiro atoms. The van der Waals surface area contributed by atoms with Gasteiger partial charge in [-0.1, -0.05) is 0 Å². The van der Waals surface area contributed by atoms with E-state index in [0.717, 1.165) is 18.2 Å². The fourth-order valence-electron chi connectivity index (χ4n) is 1.21. The minimum absolute atomic E-state index is 0.00759. The van der Waals surface area contributed by atoms with Gasteiger partial charge in [0.1, 0.15) is 16.8 Å². The Labute approximate surface area is 113 Å². The van der Waals surface area contributed by atoms with E-state index >= 15 is 0 Å². The average molecular weight is 286 g/mol. The second-order valence-electron chi connectivity index (χ2n) is 4.96. The van der Waals surface area contributed by atoms with Crippen LogP contribution in [-0.2, 0) is 11.0 Å². The lowest BCUT2D eigenvalue weighted by Gasteiger charge is -2.14. The molecule has 0 unspecified atom stereocenters. The molecule has 0 amide bonds. The summed E-state index contributed by atoms with van der Waals surface area (Å²) >= 11 is 0. The normalized spacial score (nSPS) is 14.3. The van der Waals surface area contributed by atoms with Crippen molar-refractivity contribution in [3.63, 3.8) is 0 Å². The molecule has 0 aliphatic heterocycles.